The Bertz CT molecular complexity index is 2310. The number of aliphatic carboxylic acids is 1. The van der Waals surface area contributed by atoms with Crippen molar-refractivity contribution in [3.63, 3.8) is 0 Å². The van der Waals surface area contributed by atoms with Gasteiger partial charge in [0.15, 0.2) is 0 Å². The molecule has 342 valence electrons. The Labute approximate surface area is 367 Å². The molecule has 3 aliphatic heterocycles. The highest BCUT2D eigenvalue weighted by Crippen LogP contribution is 2.30. The van der Waals surface area contributed by atoms with Gasteiger partial charge in [0.2, 0.25) is 17.7 Å². The number of likely N-dealkylation sites (tertiary alicyclic amines) is 1. The van der Waals surface area contributed by atoms with Gasteiger partial charge in [-0.05, 0) is 67.8 Å². The molecule has 0 unspecified atom stereocenters. The Balaban J connectivity index is 0.000000898. The molecule has 4 aromatic rings. The number of benzene rings is 1. The van der Waals surface area contributed by atoms with Crippen LogP contribution in [0.2, 0.25) is 0 Å². The molecule has 7 rings (SSSR count). The number of pyridine rings is 1. The first kappa shape index (κ1) is 47.0. The number of carbonyl (C=O) groups is 5. The first-order chi connectivity index (χ1) is 30.5. The molecule has 3 saturated heterocycles. The number of nitrogens with zero attached hydrogens (tertiary/aromatic N) is 7. The van der Waals surface area contributed by atoms with E-state index in [2.05, 4.69) is 63.2 Å². The number of aromatic nitrogens is 4. The summed E-state index contributed by atoms with van der Waals surface area (Å²) in [5.74, 6) is -2.66. The van der Waals surface area contributed by atoms with Crippen LogP contribution in [0.5, 0.6) is 0 Å². The minimum absolute atomic E-state index is 0.0237. The maximum atomic E-state index is 13.3. The molecule has 3 aliphatic rings. The predicted molar refractivity (Wildman–Crippen MR) is 230 cm³/mol. The van der Waals surface area contributed by atoms with E-state index in [9.17, 15) is 32.3 Å². The Morgan fingerprint density at radius 1 is 0.953 bits per heavy atom. The zero-order valence-electron chi connectivity index (χ0n) is 35.6. The van der Waals surface area contributed by atoms with E-state index in [0.717, 1.165) is 66.1 Å². The van der Waals surface area contributed by atoms with E-state index in [0.29, 0.717) is 76.0 Å². The second-order valence-electron chi connectivity index (χ2n) is 15.8. The van der Waals surface area contributed by atoms with Gasteiger partial charge in [0.1, 0.15) is 29.5 Å². The number of aromatic amines is 1. The fourth-order valence-corrected chi connectivity index (χ4v) is 7.71. The Morgan fingerprint density at radius 2 is 1.66 bits per heavy atom. The molecule has 0 bridgehead atoms. The number of amides is 4. The quantitative estimate of drug-likeness (QED) is 0.130. The first-order valence-corrected chi connectivity index (χ1v) is 20.9. The second kappa shape index (κ2) is 21.3. The molecular formula is C43H52F3N11O7. The summed E-state index contributed by atoms with van der Waals surface area (Å²) >= 11 is 0. The summed E-state index contributed by atoms with van der Waals surface area (Å²) in [7, 11) is 0. The number of H-pyrrole nitrogens is 1. The molecule has 5 N–H and O–H groups in total. The molecule has 1 aromatic carbocycles. The summed E-state index contributed by atoms with van der Waals surface area (Å²) in [5.41, 5.74) is 5.07. The number of fused-ring (bicyclic) bond motifs is 1. The molecular weight excluding hydrogens is 840 g/mol. The maximum Gasteiger partial charge on any atom is 0.490 e. The highest BCUT2D eigenvalue weighted by Gasteiger charge is 2.38. The standard InChI is InChI=1S/C41H51N11O5.C2HF3O2/c1-27(23-49-13-15-52(16-14-49)41(56)28(2)45-29(3)53)39(54)47-33-5-4-12-50(25-33)24-30-10-11-42-36(21-30)40(55)46-32-8-6-31(7-9-32)35-22-34-37(48-35)43-26-44-38(34)51-17-19-57-20-18-51;3-2(4,5)1(6)7/h6-11,21-22,26,28,33H,1,4-5,12-20,23-25H2,2-3H3,(H,45,53)(H,46,55)(H,47,54)(H,43,44,48);(H,6,7)/t28-,33+;/m0./s1. The van der Waals surface area contributed by atoms with Gasteiger partial charge in [0.25, 0.3) is 5.91 Å². The Kier molecular flexibility index (Phi) is 15.6. The monoisotopic (exact) mass is 891 g/mol. The van der Waals surface area contributed by atoms with Gasteiger partial charge in [-0.25, -0.2) is 14.8 Å². The summed E-state index contributed by atoms with van der Waals surface area (Å²) < 4.78 is 37.2. The summed E-state index contributed by atoms with van der Waals surface area (Å²) in [6.07, 6.45) is -0.0460. The van der Waals surface area contributed by atoms with Gasteiger partial charge in [0.05, 0.1) is 18.6 Å². The number of halogens is 3. The van der Waals surface area contributed by atoms with Crippen LogP contribution in [0.1, 0.15) is 42.7 Å². The highest BCUT2D eigenvalue weighted by atomic mass is 19.4. The molecule has 0 aliphatic carbocycles. The lowest BCUT2D eigenvalue weighted by atomic mass is 10.0. The fourth-order valence-electron chi connectivity index (χ4n) is 7.71. The van der Waals surface area contributed by atoms with Crippen LogP contribution in [0.15, 0.2) is 67.1 Å². The zero-order chi connectivity index (χ0) is 46.0. The summed E-state index contributed by atoms with van der Waals surface area (Å²) in [6, 6.07) is 12.9. The zero-order valence-corrected chi connectivity index (χ0v) is 35.6. The van der Waals surface area contributed by atoms with Crippen LogP contribution < -0.4 is 20.9 Å². The van der Waals surface area contributed by atoms with Crippen molar-refractivity contribution in [1.29, 1.82) is 0 Å². The summed E-state index contributed by atoms with van der Waals surface area (Å²) in [6.45, 7) is 15.0. The van der Waals surface area contributed by atoms with Crippen molar-refractivity contribution in [3.05, 3.63) is 78.4 Å². The van der Waals surface area contributed by atoms with E-state index >= 15 is 0 Å². The van der Waals surface area contributed by atoms with Crippen LogP contribution in [-0.2, 0) is 30.5 Å². The molecule has 2 atom stereocenters. The molecule has 3 aromatic heterocycles. The lowest BCUT2D eigenvalue weighted by molar-refractivity contribution is -0.192. The number of hydrogen-bond donors (Lipinski definition) is 5. The van der Waals surface area contributed by atoms with Crippen molar-refractivity contribution >= 4 is 52.1 Å². The lowest BCUT2D eigenvalue weighted by Crippen LogP contribution is -2.54. The number of nitrogens with one attached hydrogen (secondary N) is 4. The van der Waals surface area contributed by atoms with Gasteiger partial charge in [-0.2, -0.15) is 13.2 Å². The number of anilines is 2. The number of alkyl halides is 3. The minimum Gasteiger partial charge on any atom is -0.475 e. The van der Waals surface area contributed by atoms with Crippen LogP contribution in [0.25, 0.3) is 22.3 Å². The van der Waals surface area contributed by atoms with Crippen LogP contribution >= 0.6 is 0 Å². The number of morpholine rings is 1. The topological polar surface area (TPSA) is 218 Å². The summed E-state index contributed by atoms with van der Waals surface area (Å²) in [4.78, 5) is 84.4. The van der Waals surface area contributed by atoms with Gasteiger partial charge >= 0.3 is 12.1 Å². The Morgan fingerprint density at radius 3 is 2.33 bits per heavy atom. The fraction of sp³-hybridized carbons (Fsp3) is 0.442. The summed E-state index contributed by atoms with van der Waals surface area (Å²) in [5, 5.41) is 16.9. The van der Waals surface area contributed by atoms with Crippen LogP contribution in [0.4, 0.5) is 24.7 Å². The third-order valence-electron chi connectivity index (χ3n) is 10.9. The van der Waals surface area contributed by atoms with Crippen LogP contribution in [0, 0.1) is 0 Å². The van der Waals surface area contributed by atoms with E-state index in [1.165, 1.54) is 6.92 Å². The van der Waals surface area contributed by atoms with Crippen molar-refractivity contribution < 1.29 is 47.0 Å². The molecule has 21 heteroatoms. The predicted octanol–water partition coefficient (Wildman–Crippen LogP) is 3.05. The normalized spacial score (nSPS) is 17.7. The first-order valence-electron chi connectivity index (χ1n) is 20.9. The number of hydrogen-bond acceptors (Lipinski definition) is 12. The molecule has 18 nitrogen and oxygen atoms in total. The molecule has 0 spiro atoms. The number of piperidine rings is 1. The van der Waals surface area contributed by atoms with Crippen LogP contribution in [-0.4, -0.2) is 160 Å². The largest absolute Gasteiger partial charge is 0.490 e. The van der Waals surface area contributed by atoms with Crippen molar-refractivity contribution in [1.82, 2.24) is 45.3 Å². The number of piperazine rings is 1. The molecule has 0 saturated carbocycles. The number of carbonyl (C=O) groups excluding carboxylic acids is 4. The number of carboxylic acid groups (broad SMARTS) is 1. The van der Waals surface area contributed by atoms with Gasteiger partial charge in [0, 0.05) is 95.0 Å². The van der Waals surface area contributed by atoms with Gasteiger partial charge in [-0.15, -0.1) is 0 Å². The van der Waals surface area contributed by atoms with E-state index in [1.807, 2.05) is 36.4 Å². The molecule has 64 heavy (non-hydrogen) atoms. The number of carboxylic acids is 1. The molecule has 3 fully saturated rings. The van der Waals surface area contributed by atoms with Crippen molar-refractivity contribution in [2.24, 2.45) is 0 Å². The van der Waals surface area contributed by atoms with Crippen LogP contribution in [0.3, 0.4) is 0 Å². The average Bonchev–Trinajstić information content (AvgIpc) is 3.72. The van der Waals surface area contributed by atoms with E-state index in [4.69, 9.17) is 14.6 Å². The van der Waals surface area contributed by atoms with Crippen molar-refractivity contribution in [3.8, 4) is 11.3 Å². The maximum absolute atomic E-state index is 13.3. The smallest absolute Gasteiger partial charge is 0.475 e. The van der Waals surface area contributed by atoms with Crippen molar-refractivity contribution in [2.75, 3.05) is 82.3 Å². The second-order valence-corrected chi connectivity index (χ2v) is 15.8. The SMILES string of the molecule is C=C(CN1CCN(C(=O)[C@H](C)NC(C)=O)CC1)C(=O)N[C@@H]1CCCN(Cc2ccnc(C(=O)Nc3ccc(-c4cc5c(N6CCOCC6)ncnc5[nH]4)cc3)c2)C1.O=C(O)C(F)(F)F. The van der Waals surface area contributed by atoms with E-state index in [-0.39, 0.29) is 29.7 Å². The van der Waals surface area contributed by atoms with Crippen molar-refractivity contribution in [2.45, 2.75) is 51.5 Å². The lowest BCUT2D eigenvalue weighted by Gasteiger charge is -2.36. The molecule has 0 radical (unpaired) electrons. The minimum atomic E-state index is -5.08. The third kappa shape index (κ3) is 12.8. The molecule has 6 heterocycles. The number of ether oxygens (including phenoxy) is 1. The molecule has 4 amide bonds. The number of rotatable bonds is 12. The average molecular weight is 892 g/mol. The third-order valence-corrected chi connectivity index (χ3v) is 10.9. The highest BCUT2D eigenvalue weighted by molar-refractivity contribution is 6.03. The van der Waals surface area contributed by atoms with Gasteiger partial charge < -0.3 is 40.6 Å². The van der Waals surface area contributed by atoms with E-state index in [1.54, 1.807) is 24.3 Å². The van der Waals surface area contributed by atoms with E-state index < -0.39 is 18.2 Å². The van der Waals surface area contributed by atoms with Gasteiger partial charge in [-0.1, -0.05) is 18.7 Å². The Hall–Kier alpha value is -6.45. The van der Waals surface area contributed by atoms with Gasteiger partial charge in [-0.3, -0.25) is 34.0 Å².